The number of nitrogens with one attached hydrogen (secondary N) is 2. The van der Waals surface area contributed by atoms with Crippen LogP contribution in [0.15, 0.2) is 40.9 Å². The Labute approximate surface area is 162 Å². The summed E-state index contributed by atoms with van der Waals surface area (Å²) < 4.78 is 0.966. The summed E-state index contributed by atoms with van der Waals surface area (Å²) in [6.45, 7) is 6.24. The number of benzene rings is 2. The van der Waals surface area contributed by atoms with Crippen LogP contribution in [0.5, 0.6) is 0 Å². The van der Waals surface area contributed by atoms with E-state index in [1.165, 1.54) is 5.56 Å². The molecule has 0 heterocycles. The number of amides is 2. The van der Waals surface area contributed by atoms with Crippen molar-refractivity contribution in [3.8, 4) is 0 Å². The van der Waals surface area contributed by atoms with Crippen LogP contribution < -0.4 is 10.6 Å². The topological polar surface area (TPSA) is 61.4 Å². The number of nitrogens with zero attached hydrogens (tertiary/aromatic N) is 1. The number of carbonyl (C=O) groups excluding carboxylic acids is 2. The highest BCUT2D eigenvalue weighted by Crippen LogP contribution is 2.20. The van der Waals surface area contributed by atoms with E-state index >= 15 is 0 Å². The summed E-state index contributed by atoms with van der Waals surface area (Å²) in [7, 11) is 1.74. The lowest BCUT2D eigenvalue weighted by Gasteiger charge is -2.17. The van der Waals surface area contributed by atoms with Crippen molar-refractivity contribution >= 4 is 39.1 Å². The van der Waals surface area contributed by atoms with Gasteiger partial charge in [-0.2, -0.15) is 0 Å². The van der Waals surface area contributed by atoms with Crippen molar-refractivity contribution in [1.82, 2.24) is 4.90 Å². The fourth-order valence-corrected chi connectivity index (χ4v) is 3.00. The molecule has 0 unspecified atom stereocenters. The van der Waals surface area contributed by atoms with E-state index in [2.05, 4.69) is 26.6 Å². The van der Waals surface area contributed by atoms with Crippen molar-refractivity contribution in [3.63, 3.8) is 0 Å². The Morgan fingerprint density at radius 1 is 0.885 bits per heavy atom. The van der Waals surface area contributed by atoms with Gasteiger partial charge in [0.05, 0.1) is 13.1 Å². The lowest BCUT2D eigenvalue weighted by Crippen LogP contribution is -2.36. The summed E-state index contributed by atoms with van der Waals surface area (Å²) >= 11 is 3.40. The minimum Gasteiger partial charge on any atom is -0.325 e. The van der Waals surface area contributed by atoms with Gasteiger partial charge in [0.25, 0.3) is 0 Å². The lowest BCUT2D eigenvalue weighted by molar-refractivity contribution is -0.119. The zero-order valence-electron chi connectivity index (χ0n) is 15.5. The zero-order valence-corrected chi connectivity index (χ0v) is 17.1. The van der Waals surface area contributed by atoms with E-state index in [4.69, 9.17) is 0 Å². The maximum atomic E-state index is 12.2. The largest absolute Gasteiger partial charge is 0.325 e. The van der Waals surface area contributed by atoms with Crippen LogP contribution in [0, 0.1) is 20.8 Å². The second kappa shape index (κ2) is 8.96. The van der Waals surface area contributed by atoms with Gasteiger partial charge in [0.1, 0.15) is 0 Å². The molecule has 0 aliphatic heterocycles. The number of likely N-dealkylation sites (N-methyl/N-ethyl adjacent to an activating group) is 1. The van der Waals surface area contributed by atoms with Crippen LogP contribution in [0.3, 0.4) is 0 Å². The third kappa shape index (κ3) is 5.97. The summed E-state index contributed by atoms with van der Waals surface area (Å²) in [4.78, 5) is 26.0. The Balaban J connectivity index is 1.84. The highest BCUT2D eigenvalue weighted by Gasteiger charge is 2.12. The molecule has 2 aromatic rings. The molecule has 0 spiro atoms. The van der Waals surface area contributed by atoms with Gasteiger partial charge in [0.15, 0.2) is 0 Å². The van der Waals surface area contributed by atoms with E-state index in [0.29, 0.717) is 0 Å². The molecular weight excluding hydrogens is 394 g/mol. The summed E-state index contributed by atoms with van der Waals surface area (Å²) in [6, 6.07) is 11.5. The molecule has 0 aromatic heterocycles. The summed E-state index contributed by atoms with van der Waals surface area (Å²) in [5.41, 5.74) is 4.82. The number of hydrogen-bond acceptors (Lipinski definition) is 3. The molecule has 0 aliphatic carbocycles. The molecular formula is C20H24BrN3O2. The third-order valence-corrected chi connectivity index (χ3v) is 4.57. The van der Waals surface area contributed by atoms with Gasteiger partial charge in [-0.05, 0) is 74.8 Å². The average molecular weight is 418 g/mol. The predicted octanol–water partition coefficient (Wildman–Crippen LogP) is 3.88. The number of aryl methyl sites for hydroxylation is 3. The van der Waals surface area contributed by atoms with Crippen molar-refractivity contribution in [2.45, 2.75) is 20.8 Å². The Morgan fingerprint density at radius 3 is 2.15 bits per heavy atom. The fourth-order valence-electron chi connectivity index (χ4n) is 2.52. The Morgan fingerprint density at radius 2 is 1.54 bits per heavy atom. The molecule has 0 saturated heterocycles. The Kier molecular flexibility index (Phi) is 6.94. The maximum Gasteiger partial charge on any atom is 0.238 e. The van der Waals surface area contributed by atoms with Crippen LogP contribution in [0.4, 0.5) is 11.4 Å². The first kappa shape index (κ1) is 20.1. The SMILES string of the molecule is Cc1ccc(NC(=O)CN(C)CC(=O)Nc2ccc(Br)cc2C)cc1C. The smallest absolute Gasteiger partial charge is 0.238 e. The molecule has 2 amide bonds. The Bertz CT molecular complexity index is 821. The standard InChI is InChI=1S/C20H24BrN3O2/c1-13-5-7-17(10-14(13)2)22-19(25)11-24(4)12-20(26)23-18-8-6-16(21)9-15(18)3/h5-10H,11-12H2,1-4H3,(H,22,25)(H,23,26). The molecule has 138 valence electrons. The van der Waals surface area contributed by atoms with Gasteiger partial charge in [-0.3, -0.25) is 14.5 Å². The van der Waals surface area contributed by atoms with E-state index in [-0.39, 0.29) is 24.9 Å². The van der Waals surface area contributed by atoms with Gasteiger partial charge in [-0.1, -0.05) is 22.0 Å². The first-order chi connectivity index (χ1) is 12.2. The van der Waals surface area contributed by atoms with Crippen LogP contribution in [-0.4, -0.2) is 36.9 Å². The highest BCUT2D eigenvalue weighted by atomic mass is 79.9. The van der Waals surface area contributed by atoms with Crippen molar-refractivity contribution in [2.75, 3.05) is 30.8 Å². The van der Waals surface area contributed by atoms with Crippen molar-refractivity contribution < 1.29 is 9.59 Å². The second-order valence-electron chi connectivity index (χ2n) is 6.53. The van der Waals surface area contributed by atoms with Gasteiger partial charge in [0, 0.05) is 15.8 Å². The second-order valence-corrected chi connectivity index (χ2v) is 7.44. The van der Waals surface area contributed by atoms with Gasteiger partial charge in [-0.25, -0.2) is 0 Å². The van der Waals surface area contributed by atoms with E-state index in [1.54, 1.807) is 11.9 Å². The predicted molar refractivity (Wildman–Crippen MR) is 110 cm³/mol. The van der Waals surface area contributed by atoms with Gasteiger partial charge in [0.2, 0.25) is 11.8 Å². The first-order valence-corrected chi connectivity index (χ1v) is 9.15. The maximum absolute atomic E-state index is 12.2. The van der Waals surface area contributed by atoms with Crippen LogP contribution in [0.2, 0.25) is 0 Å². The van der Waals surface area contributed by atoms with Crippen LogP contribution in [0.1, 0.15) is 16.7 Å². The van der Waals surface area contributed by atoms with Gasteiger partial charge in [-0.15, -0.1) is 0 Å². The summed E-state index contributed by atoms with van der Waals surface area (Å²) in [5, 5.41) is 5.73. The van der Waals surface area contributed by atoms with Crippen molar-refractivity contribution in [1.29, 1.82) is 0 Å². The van der Waals surface area contributed by atoms with Gasteiger partial charge < -0.3 is 10.6 Å². The number of halogens is 1. The van der Waals surface area contributed by atoms with Crippen LogP contribution in [0.25, 0.3) is 0 Å². The number of hydrogen-bond donors (Lipinski definition) is 2. The zero-order chi connectivity index (χ0) is 19.3. The van der Waals surface area contributed by atoms with E-state index in [9.17, 15) is 9.59 Å². The monoisotopic (exact) mass is 417 g/mol. The average Bonchev–Trinajstić information content (AvgIpc) is 2.53. The molecule has 0 bridgehead atoms. The Hall–Kier alpha value is -2.18. The van der Waals surface area contributed by atoms with Crippen LogP contribution in [-0.2, 0) is 9.59 Å². The quantitative estimate of drug-likeness (QED) is 0.749. The molecule has 0 atom stereocenters. The number of anilines is 2. The molecule has 0 saturated carbocycles. The molecule has 2 aromatic carbocycles. The fraction of sp³-hybridized carbons (Fsp3) is 0.300. The molecule has 5 nitrogen and oxygen atoms in total. The minimum atomic E-state index is -0.156. The van der Waals surface area contributed by atoms with E-state index < -0.39 is 0 Å². The molecule has 2 N–H and O–H groups in total. The molecule has 0 aliphatic rings. The first-order valence-electron chi connectivity index (χ1n) is 8.36. The van der Waals surface area contributed by atoms with Crippen molar-refractivity contribution in [3.05, 3.63) is 57.6 Å². The molecule has 2 rings (SSSR count). The van der Waals surface area contributed by atoms with E-state index in [1.807, 2.05) is 57.2 Å². The molecule has 0 radical (unpaired) electrons. The molecule has 6 heteroatoms. The summed E-state index contributed by atoms with van der Waals surface area (Å²) in [6.07, 6.45) is 0. The normalized spacial score (nSPS) is 10.7. The van der Waals surface area contributed by atoms with E-state index in [0.717, 1.165) is 27.0 Å². The van der Waals surface area contributed by atoms with Gasteiger partial charge >= 0.3 is 0 Å². The number of carbonyl (C=O) groups is 2. The minimum absolute atomic E-state index is 0.135. The molecule has 0 fully saturated rings. The number of rotatable bonds is 6. The van der Waals surface area contributed by atoms with Crippen molar-refractivity contribution in [2.24, 2.45) is 0 Å². The third-order valence-electron chi connectivity index (χ3n) is 4.08. The summed E-state index contributed by atoms with van der Waals surface area (Å²) in [5.74, 6) is -0.305. The highest BCUT2D eigenvalue weighted by molar-refractivity contribution is 9.10. The van der Waals surface area contributed by atoms with Crippen LogP contribution >= 0.6 is 15.9 Å². The lowest BCUT2D eigenvalue weighted by atomic mass is 10.1. The molecule has 26 heavy (non-hydrogen) atoms.